The normalized spacial score (nSPS) is 17.2. The molecule has 0 spiro atoms. The molecule has 1 saturated heterocycles. The van der Waals surface area contributed by atoms with Crippen molar-refractivity contribution < 1.29 is 17.9 Å². The molecule has 1 aromatic carbocycles. The van der Waals surface area contributed by atoms with Crippen molar-refractivity contribution in [3.63, 3.8) is 0 Å². The van der Waals surface area contributed by atoms with Gasteiger partial charge < -0.3 is 15.2 Å². The average molecular weight is 377 g/mol. The van der Waals surface area contributed by atoms with Gasteiger partial charge in [-0.1, -0.05) is 11.6 Å². The monoisotopic (exact) mass is 376 g/mol. The molecule has 0 saturated carbocycles. The Labute approximate surface area is 148 Å². The van der Waals surface area contributed by atoms with Crippen LogP contribution in [-0.2, 0) is 14.8 Å². The molecule has 0 unspecified atom stereocenters. The topological polar surface area (TPSA) is 81.9 Å². The second-order valence-corrected chi connectivity index (χ2v) is 8.18. The Bertz CT molecular complexity index is 658. The first kappa shape index (κ1) is 19.5. The number of nitrogens with zero attached hydrogens (tertiary/aromatic N) is 1. The minimum atomic E-state index is -3.57. The summed E-state index contributed by atoms with van der Waals surface area (Å²) in [5, 5.41) is 0.293. The summed E-state index contributed by atoms with van der Waals surface area (Å²) in [6.45, 7) is 3.86. The molecule has 0 radical (unpaired) electrons. The van der Waals surface area contributed by atoms with Crippen LogP contribution in [0.2, 0.25) is 5.02 Å². The first-order valence-corrected chi connectivity index (χ1v) is 9.88. The molecule has 1 aliphatic heterocycles. The number of benzene rings is 1. The van der Waals surface area contributed by atoms with Crippen molar-refractivity contribution in [1.29, 1.82) is 0 Å². The minimum Gasteiger partial charge on any atom is -0.495 e. The molecule has 6 nitrogen and oxygen atoms in total. The summed E-state index contributed by atoms with van der Waals surface area (Å²) in [6.07, 6.45) is 2.30. The van der Waals surface area contributed by atoms with Gasteiger partial charge in [-0.05, 0) is 50.4 Å². The number of ether oxygens (including phenoxy) is 2. The van der Waals surface area contributed by atoms with Gasteiger partial charge in [-0.2, -0.15) is 4.31 Å². The number of nitrogens with two attached hydrogens (primary N) is 1. The molecule has 1 fully saturated rings. The van der Waals surface area contributed by atoms with Crippen molar-refractivity contribution in [3.05, 3.63) is 22.7 Å². The first-order chi connectivity index (χ1) is 11.4. The molecular weight excluding hydrogens is 352 g/mol. The first-order valence-electron chi connectivity index (χ1n) is 8.06. The standard InChI is InChI=1S/C16H25ClN2O4S/c1-12-10-15(22-2)14(17)11-16(12)24(20,21)19-7-4-13(5-8-19)23-9-3-6-18/h10-11,13H,3-9,18H2,1-2H3. The van der Waals surface area contributed by atoms with Crippen LogP contribution in [0.25, 0.3) is 0 Å². The molecule has 24 heavy (non-hydrogen) atoms. The van der Waals surface area contributed by atoms with Gasteiger partial charge in [0.1, 0.15) is 5.75 Å². The fourth-order valence-electron chi connectivity index (χ4n) is 2.78. The summed E-state index contributed by atoms with van der Waals surface area (Å²) in [4.78, 5) is 0.232. The quantitative estimate of drug-likeness (QED) is 0.737. The largest absolute Gasteiger partial charge is 0.495 e. The van der Waals surface area contributed by atoms with Crippen molar-refractivity contribution in [2.24, 2.45) is 5.73 Å². The van der Waals surface area contributed by atoms with Crippen molar-refractivity contribution in [1.82, 2.24) is 4.31 Å². The van der Waals surface area contributed by atoms with Gasteiger partial charge in [-0.3, -0.25) is 0 Å². The zero-order valence-corrected chi connectivity index (χ0v) is 15.7. The lowest BCUT2D eigenvalue weighted by Crippen LogP contribution is -2.41. The van der Waals surface area contributed by atoms with Crippen LogP contribution < -0.4 is 10.5 Å². The van der Waals surface area contributed by atoms with Crippen LogP contribution in [0.3, 0.4) is 0 Å². The van der Waals surface area contributed by atoms with E-state index in [4.69, 9.17) is 26.8 Å². The van der Waals surface area contributed by atoms with Crippen LogP contribution in [0, 0.1) is 6.92 Å². The van der Waals surface area contributed by atoms with E-state index in [1.165, 1.54) is 17.5 Å². The van der Waals surface area contributed by atoms with Crippen LogP contribution in [-0.4, -0.2) is 52.2 Å². The van der Waals surface area contributed by atoms with E-state index < -0.39 is 10.0 Å². The number of methoxy groups -OCH3 is 1. The molecular formula is C16H25ClN2O4S. The lowest BCUT2D eigenvalue weighted by molar-refractivity contribution is 0.0209. The van der Waals surface area contributed by atoms with E-state index in [0.717, 1.165) is 6.42 Å². The molecule has 1 heterocycles. The van der Waals surface area contributed by atoms with Crippen LogP contribution in [0.15, 0.2) is 17.0 Å². The highest BCUT2D eigenvalue weighted by Crippen LogP contribution is 2.32. The Kier molecular flexibility index (Phi) is 6.88. The van der Waals surface area contributed by atoms with E-state index in [-0.39, 0.29) is 11.0 Å². The maximum Gasteiger partial charge on any atom is 0.243 e. The SMILES string of the molecule is COc1cc(C)c(S(=O)(=O)N2CCC(OCCCN)CC2)cc1Cl. The number of halogens is 1. The fourth-order valence-corrected chi connectivity index (χ4v) is 4.79. The predicted octanol–water partition coefficient (Wildman–Crippen LogP) is 2.18. The van der Waals surface area contributed by atoms with Crippen LogP contribution in [0.1, 0.15) is 24.8 Å². The Morgan fingerprint density at radius 3 is 2.58 bits per heavy atom. The van der Waals surface area contributed by atoms with E-state index in [2.05, 4.69) is 0 Å². The molecule has 0 aromatic heterocycles. The number of sulfonamides is 1. The second kappa shape index (κ2) is 8.49. The summed E-state index contributed by atoms with van der Waals surface area (Å²) >= 11 is 6.10. The van der Waals surface area contributed by atoms with E-state index in [9.17, 15) is 8.42 Å². The fraction of sp³-hybridized carbons (Fsp3) is 0.625. The molecule has 0 bridgehead atoms. The third kappa shape index (κ3) is 4.40. The van der Waals surface area contributed by atoms with E-state index in [1.54, 1.807) is 13.0 Å². The Hall–Kier alpha value is -0.860. The maximum atomic E-state index is 12.9. The molecule has 8 heteroatoms. The third-order valence-electron chi connectivity index (χ3n) is 4.17. The van der Waals surface area contributed by atoms with Gasteiger partial charge in [0.25, 0.3) is 0 Å². The predicted molar refractivity (Wildman–Crippen MR) is 94.1 cm³/mol. The highest BCUT2D eigenvalue weighted by atomic mass is 35.5. The van der Waals surface area contributed by atoms with E-state index >= 15 is 0 Å². The Balaban J connectivity index is 2.08. The number of hydrogen-bond acceptors (Lipinski definition) is 5. The molecule has 2 N–H and O–H groups in total. The smallest absolute Gasteiger partial charge is 0.243 e. The summed E-state index contributed by atoms with van der Waals surface area (Å²) in [7, 11) is -2.07. The average Bonchev–Trinajstić information content (AvgIpc) is 2.57. The van der Waals surface area contributed by atoms with Gasteiger partial charge in [0.15, 0.2) is 0 Å². The van der Waals surface area contributed by atoms with Gasteiger partial charge in [-0.25, -0.2) is 8.42 Å². The zero-order chi connectivity index (χ0) is 17.7. The van der Waals surface area contributed by atoms with Crippen LogP contribution in [0.4, 0.5) is 0 Å². The van der Waals surface area contributed by atoms with Gasteiger partial charge >= 0.3 is 0 Å². The summed E-state index contributed by atoms with van der Waals surface area (Å²) < 4.78 is 38.2. The van der Waals surface area contributed by atoms with E-state index in [1.807, 2.05) is 0 Å². The highest BCUT2D eigenvalue weighted by molar-refractivity contribution is 7.89. The van der Waals surface area contributed by atoms with Crippen molar-refractivity contribution in [3.8, 4) is 5.75 Å². The van der Waals surface area contributed by atoms with Crippen LogP contribution >= 0.6 is 11.6 Å². The molecule has 136 valence electrons. The molecule has 0 amide bonds. The number of rotatable bonds is 7. The maximum absolute atomic E-state index is 12.9. The minimum absolute atomic E-state index is 0.101. The number of hydrogen-bond donors (Lipinski definition) is 1. The Morgan fingerprint density at radius 1 is 1.33 bits per heavy atom. The highest BCUT2D eigenvalue weighted by Gasteiger charge is 2.31. The van der Waals surface area contributed by atoms with Crippen molar-refractivity contribution >= 4 is 21.6 Å². The van der Waals surface area contributed by atoms with Crippen molar-refractivity contribution in [2.45, 2.75) is 37.2 Å². The van der Waals surface area contributed by atoms with E-state index in [0.29, 0.717) is 55.4 Å². The molecule has 1 aromatic rings. The zero-order valence-electron chi connectivity index (χ0n) is 14.1. The number of piperidine rings is 1. The summed E-state index contributed by atoms with van der Waals surface area (Å²) in [5.41, 5.74) is 6.07. The van der Waals surface area contributed by atoms with Gasteiger partial charge in [0, 0.05) is 19.7 Å². The number of aryl methyl sites for hydroxylation is 1. The summed E-state index contributed by atoms with van der Waals surface area (Å²) in [6, 6.07) is 3.12. The molecule has 0 aliphatic carbocycles. The molecule has 0 atom stereocenters. The Morgan fingerprint density at radius 2 is 2.00 bits per heavy atom. The lowest BCUT2D eigenvalue weighted by atomic mass is 10.1. The van der Waals surface area contributed by atoms with Gasteiger partial charge in [0.2, 0.25) is 10.0 Å². The van der Waals surface area contributed by atoms with Crippen molar-refractivity contribution in [2.75, 3.05) is 33.4 Å². The van der Waals surface area contributed by atoms with Gasteiger partial charge in [-0.15, -0.1) is 0 Å². The van der Waals surface area contributed by atoms with Crippen LogP contribution in [0.5, 0.6) is 5.75 Å². The lowest BCUT2D eigenvalue weighted by Gasteiger charge is -2.31. The van der Waals surface area contributed by atoms with Gasteiger partial charge in [0.05, 0.1) is 23.1 Å². The molecule has 1 aliphatic rings. The third-order valence-corrected chi connectivity index (χ3v) is 6.51. The molecule has 2 rings (SSSR count). The summed E-state index contributed by atoms with van der Waals surface area (Å²) in [5.74, 6) is 0.472. The second-order valence-electron chi connectivity index (χ2n) is 5.87.